The van der Waals surface area contributed by atoms with Crippen LogP contribution >= 0.6 is 11.6 Å². The second kappa shape index (κ2) is 6.95. The summed E-state index contributed by atoms with van der Waals surface area (Å²) >= 11 is 6.40. The zero-order chi connectivity index (χ0) is 14.7. The second-order valence-electron chi connectivity index (χ2n) is 6.38. The Morgan fingerprint density at radius 3 is 2.75 bits per heavy atom. The second-order valence-corrected chi connectivity index (χ2v) is 6.74. The van der Waals surface area contributed by atoms with Crippen molar-refractivity contribution in [2.45, 2.75) is 58.9 Å². The summed E-state index contributed by atoms with van der Waals surface area (Å²) in [6, 6.07) is 0.531. The highest BCUT2D eigenvalue weighted by atomic mass is 35.5. The van der Waals surface area contributed by atoms with Crippen LogP contribution in [0.2, 0.25) is 5.15 Å². The summed E-state index contributed by atoms with van der Waals surface area (Å²) in [7, 11) is 1.92. The number of rotatable bonds is 5. The summed E-state index contributed by atoms with van der Waals surface area (Å²) in [5, 5.41) is 8.93. The smallest absolute Gasteiger partial charge is 0.130 e. The molecule has 4 heteroatoms. The minimum Gasteiger partial charge on any atom is -0.314 e. The Kier molecular flexibility index (Phi) is 5.50. The predicted molar refractivity (Wildman–Crippen MR) is 85.2 cm³/mol. The number of halogens is 1. The molecule has 0 radical (unpaired) electrons. The van der Waals surface area contributed by atoms with Crippen LogP contribution in [-0.4, -0.2) is 22.4 Å². The molecule has 0 spiro atoms. The van der Waals surface area contributed by atoms with E-state index in [0.717, 1.165) is 35.6 Å². The summed E-state index contributed by atoms with van der Waals surface area (Å²) in [6.45, 7) is 7.66. The molecule has 20 heavy (non-hydrogen) atoms. The van der Waals surface area contributed by atoms with Crippen molar-refractivity contribution in [2.75, 3.05) is 6.54 Å². The molecule has 1 aliphatic rings. The summed E-state index contributed by atoms with van der Waals surface area (Å²) in [4.78, 5) is 0. The normalized spacial score (nSPS) is 24.9. The molecule has 0 saturated heterocycles. The van der Waals surface area contributed by atoms with Gasteiger partial charge in [0.1, 0.15) is 5.15 Å². The first-order valence-electron chi connectivity index (χ1n) is 7.94. The molecule has 1 heterocycles. The van der Waals surface area contributed by atoms with Gasteiger partial charge in [-0.2, -0.15) is 5.10 Å². The van der Waals surface area contributed by atoms with E-state index in [9.17, 15) is 0 Å². The van der Waals surface area contributed by atoms with Gasteiger partial charge in [0.2, 0.25) is 0 Å². The number of nitrogens with one attached hydrogen (secondary N) is 1. The topological polar surface area (TPSA) is 29.9 Å². The van der Waals surface area contributed by atoms with E-state index in [1.165, 1.54) is 31.2 Å². The van der Waals surface area contributed by atoms with Gasteiger partial charge in [-0.15, -0.1) is 0 Å². The van der Waals surface area contributed by atoms with Gasteiger partial charge in [-0.05, 0) is 44.6 Å². The van der Waals surface area contributed by atoms with E-state index in [1.54, 1.807) is 4.68 Å². The van der Waals surface area contributed by atoms with E-state index in [1.807, 2.05) is 7.05 Å². The summed E-state index contributed by atoms with van der Waals surface area (Å²) in [5.74, 6) is 1.63. The Bertz CT molecular complexity index is 441. The fourth-order valence-electron chi connectivity index (χ4n) is 3.64. The molecule has 2 rings (SSSR count). The van der Waals surface area contributed by atoms with Gasteiger partial charge in [0.05, 0.1) is 5.69 Å². The van der Waals surface area contributed by atoms with Crippen molar-refractivity contribution in [1.29, 1.82) is 0 Å². The van der Waals surface area contributed by atoms with Crippen molar-refractivity contribution in [1.82, 2.24) is 15.1 Å². The van der Waals surface area contributed by atoms with Gasteiger partial charge in [0.15, 0.2) is 0 Å². The van der Waals surface area contributed by atoms with Gasteiger partial charge < -0.3 is 5.32 Å². The monoisotopic (exact) mass is 297 g/mol. The highest BCUT2D eigenvalue weighted by Crippen LogP contribution is 2.33. The lowest BCUT2D eigenvalue weighted by Crippen LogP contribution is -2.40. The van der Waals surface area contributed by atoms with Crippen LogP contribution in [-0.2, 0) is 13.5 Å². The molecule has 3 atom stereocenters. The summed E-state index contributed by atoms with van der Waals surface area (Å²) in [6.07, 6.45) is 6.45. The molecule has 0 bridgehead atoms. The van der Waals surface area contributed by atoms with Crippen LogP contribution in [0.4, 0.5) is 0 Å². The first kappa shape index (κ1) is 15.8. The lowest BCUT2D eigenvalue weighted by atomic mass is 9.77. The fourth-order valence-corrected chi connectivity index (χ4v) is 3.89. The SMILES string of the molecule is CCNC(Cc1c(C)nn(C)c1Cl)C1CCCC(C)C1. The number of hydrogen-bond acceptors (Lipinski definition) is 2. The third kappa shape index (κ3) is 3.56. The van der Waals surface area contributed by atoms with Crippen LogP contribution in [0.5, 0.6) is 0 Å². The van der Waals surface area contributed by atoms with Crippen molar-refractivity contribution < 1.29 is 0 Å². The van der Waals surface area contributed by atoms with Crippen LogP contribution in [0.1, 0.15) is 50.8 Å². The van der Waals surface area contributed by atoms with E-state index < -0.39 is 0 Å². The molecule has 0 amide bonds. The number of likely N-dealkylation sites (N-methyl/N-ethyl adjacent to an activating group) is 1. The molecule has 1 aromatic heterocycles. The average Bonchev–Trinajstić information content (AvgIpc) is 2.64. The Morgan fingerprint density at radius 2 is 2.20 bits per heavy atom. The highest BCUT2D eigenvalue weighted by molar-refractivity contribution is 6.30. The molecule has 1 saturated carbocycles. The van der Waals surface area contributed by atoms with E-state index in [2.05, 4.69) is 31.2 Å². The van der Waals surface area contributed by atoms with Gasteiger partial charge in [-0.3, -0.25) is 4.68 Å². The Balaban J connectivity index is 2.12. The molecule has 0 aromatic carbocycles. The van der Waals surface area contributed by atoms with Gasteiger partial charge >= 0.3 is 0 Å². The maximum Gasteiger partial charge on any atom is 0.130 e. The molecular weight excluding hydrogens is 270 g/mol. The standard InChI is InChI=1S/C16H28ClN3/c1-5-18-15(13-8-6-7-11(2)9-13)10-14-12(3)19-20(4)16(14)17/h11,13,15,18H,5-10H2,1-4H3. The predicted octanol–water partition coefficient (Wildman–Crippen LogP) is 3.73. The van der Waals surface area contributed by atoms with E-state index in [0.29, 0.717) is 6.04 Å². The molecule has 0 aliphatic heterocycles. The first-order chi connectivity index (χ1) is 9.52. The maximum atomic E-state index is 6.40. The van der Waals surface area contributed by atoms with Crippen LogP contribution in [0, 0.1) is 18.8 Å². The quantitative estimate of drug-likeness (QED) is 0.897. The van der Waals surface area contributed by atoms with Crippen molar-refractivity contribution >= 4 is 11.6 Å². The van der Waals surface area contributed by atoms with Crippen LogP contribution in [0.15, 0.2) is 0 Å². The highest BCUT2D eigenvalue weighted by Gasteiger charge is 2.28. The molecule has 3 unspecified atom stereocenters. The molecule has 1 N–H and O–H groups in total. The van der Waals surface area contributed by atoms with E-state index in [4.69, 9.17) is 11.6 Å². The molecular formula is C16H28ClN3. The Labute approximate surface area is 128 Å². The van der Waals surface area contributed by atoms with Crippen molar-refractivity contribution in [2.24, 2.45) is 18.9 Å². The Morgan fingerprint density at radius 1 is 1.45 bits per heavy atom. The number of hydrogen-bond donors (Lipinski definition) is 1. The van der Waals surface area contributed by atoms with Gasteiger partial charge in [-0.1, -0.05) is 38.3 Å². The lowest BCUT2D eigenvalue weighted by Gasteiger charge is -2.34. The van der Waals surface area contributed by atoms with Crippen molar-refractivity contribution in [3.63, 3.8) is 0 Å². The van der Waals surface area contributed by atoms with Gasteiger partial charge in [0.25, 0.3) is 0 Å². The minimum absolute atomic E-state index is 0.531. The largest absolute Gasteiger partial charge is 0.314 e. The third-order valence-corrected chi connectivity index (χ3v) is 5.18. The molecule has 3 nitrogen and oxygen atoms in total. The molecule has 114 valence electrons. The first-order valence-corrected chi connectivity index (χ1v) is 8.32. The zero-order valence-electron chi connectivity index (χ0n) is 13.2. The lowest BCUT2D eigenvalue weighted by molar-refractivity contribution is 0.222. The fraction of sp³-hybridized carbons (Fsp3) is 0.812. The number of aryl methyl sites for hydroxylation is 2. The molecule has 1 aliphatic carbocycles. The van der Waals surface area contributed by atoms with Crippen molar-refractivity contribution in [3.8, 4) is 0 Å². The van der Waals surface area contributed by atoms with Gasteiger partial charge in [0, 0.05) is 18.7 Å². The van der Waals surface area contributed by atoms with Crippen LogP contribution < -0.4 is 5.32 Å². The van der Waals surface area contributed by atoms with Gasteiger partial charge in [-0.25, -0.2) is 0 Å². The Hall–Kier alpha value is -0.540. The summed E-state index contributed by atoms with van der Waals surface area (Å²) < 4.78 is 1.79. The molecule has 1 aromatic rings. The summed E-state index contributed by atoms with van der Waals surface area (Å²) in [5.41, 5.74) is 2.29. The molecule has 1 fully saturated rings. The average molecular weight is 298 g/mol. The maximum absolute atomic E-state index is 6.40. The minimum atomic E-state index is 0.531. The van der Waals surface area contributed by atoms with Crippen LogP contribution in [0.25, 0.3) is 0 Å². The number of aromatic nitrogens is 2. The zero-order valence-corrected chi connectivity index (χ0v) is 14.0. The number of nitrogens with zero attached hydrogens (tertiary/aromatic N) is 2. The van der Waals surface area contributed by atoms with Crippen molar-refractivity contribution in [3.05, 3.63) is 16.4 Å². The van der Waals surface area contributed by atoms with E-state index in [-0.39, 0.29) is 0 Å². The van der Waals surface area contributed by atoms with Crippen LogP contribution in [0.3, 0.4) is 0 Å². The van der Waals surface area contributed by atoms with E-state index >= 15 is 0 Å². The third-order valence-electron chi connectivity index (χ3n) is 4.71.